The van der Waals surface area contributed by atoms with Gasteiger partial charge in [0.1, 0.15) is 0 Å². The predicted octanol–water partition coefficient (Wildman–Crippen LogP) is 2.14. The molecule has 0 heterocycles. The van der Waals surface area contributed by atoms with Crippen LogP contribution in [-0.4, -0.2) is 19.3 Å². The van der Waals surface area contributed by atoms with Gasteiger partial charge in [-0.05, 0) is 19.3 Å². The highest BCUT2D eigenvalue weighted by Crippen LogP contribution is 2.41. The summed E-state index contributed by atoms with van der Waals surface area (Å²) in [7, 11) is 1.20. The highest BCUT2D eigenvalue weighted by atomic mass is 19.4. The second-order valence-corrected chi connectivity index (χ2v) is 3.27. The maximum absolute atomic E-state index is 12.1. The molecule has 0 bridgehead atoms. The molecule has 13 heavy (non-hydrogen) atoms. The molecular formula is C8H11F3O2. The predicted molar refractivity (Wildman–Crippen MR) is 38.9 cm³/mol. The van der Waals surface area contributed by atoms with Crippen LogP contribution >= 0.6 is 0 Å². The van der Waals surface area contributed by atoms with Crippen LogP contribution in [0, 0.1) is 11.8 Å². The van der Waals surface area contributed by atoms with Gasteiger partial charge in [-0.2, -0.15) is 13.2 Å². The van der Waals surface area contributed by atoms with Crippen molar-refractivity contribution in [2.24, 2.45) is 11.8 Å². The first-order chi connectivity index (χ1) is 5.95. The van der Waals surface area contributed by atoms with E-state index in [1.54, 1.807) is 0 Å². The lowest BCUT2D eigenvalue weighted by Gasteiger charge is -2.13. The first-order valence-corrected chi connectivity index (χ1v) is 4.09. The van der Waals surface area contributed by atoms with Gasteiger partial charge >= 0.3 is 12.1 Å². The van der Waals surface area contributed by atoms with Crippen LogP contribution < -0.4 is 0 Å². The topological polar surface area (TPSA) is 26.3 Å². The molecule has 0 radical (unpaired) electrons. The highest BCUT2D eigenvalue weighted by Gasteiger charge is 2.45. The van der Waals surface area contributed by atoms with Crippen LogP contribution in [0.3, 0.4) is 0 Å². The molecule has 2 nitrogen and oxygen atoms in total. The van der Waals surface area contributed by atoms with Gasteiger partial charge in [0, 0.05) is 0 Å². The summed E-state index contributed by atoms with van der Waals surface area (Å²) in [4.78, 5) is 10.9. The van der Waals surface area contributed by atoms with E-state index in [-0.39, 0.29) is 19.3 Å². The summed E-state index contributed by atoms with van der Waals surface area (Å²) >= 11 is 0. The van der Waals surface area contributed by atoms with Crippen LogP contribution in [-0.2, 0) is 9.53 Å². The maximum atomic E-state index is 12.1. The number of halogens is 3. The van der Waals surface area contributed by atoms with Gasteiger partial charge in [-0.1, -0.05) is 0 Å². The highest BCUT2D eigenvalue weighted by molar-refractivity contribution is 5.72. The van der Waals surface area contributed by atoms with Gasteiger partial charge in [0.05, 0.1) is 18.9 Å². The molecule has 0 saturated heterocycles. The van der Waals surface area contributed by atoms with E-state index < -0.39 is 24.0 Å². The van der Waals surface area contributed by atoms with Crippen molar-refractivity contribution >= 4 is 5.97 Å². The molecule has 0 aromatic carbocycles. The molecule has 0 amide bonds. The number of ether oxygens (including phenoxy) is 1. The fourth-order valence-corrected chi connectivity index (χ4v) is 1.66. The Labute approximate surface area is 74.1 Å². The minimum absolute atomic E-state index is 0.0449. The molecule has 0 aromatic rings. The number of alkyl halides is 3. The van der Waals surface area contributed by atoms with Crippen LogP contribution in [0.5, 0.6) is 0 Å². The minimum Gasteiger partial charge on any atom is -0.469 e. The molecule has 0 aliphatic heterocycles. The van der Waals surface area contributed by atoms with E-state index in [0.29, 0.717) is 0 Å². The molecular weight excluding hydrogens is 185 g/mol. The molecule has 0 unspecified atom stereocenters. The first-order valence-electron chi connectivity index (χ1n) is 4.09. The van der Waals surface area contributed by atoms with Crippen LogP contribution in [0.4, 0.5) is 13.2 Å². The Morgan fingerprint density at radius 3 is 2.38 bits per heavy atom. The quantitative estimate of drug-likeness (QED) is 0.600. The average Bonchev–Trinajstić information content (AvgIpc) is 2.50. The van der Waals surface area contributed by atoms with Crippen molar-refractivity contribution in [3.05, 3.63) is 0 Å². The second-order valence-electron chi connectivity index (χ2n) is 3.27. The van der Waals surface area contributed by atoms with E-state index in [1.807, 2.05) is 0 Å². The van der Waals surface area contributed by atoms with Crippen LogP contribution in [0.1, 0.15) is 19.3 Å². The Balaban J connectivity index is 2.50. The Hall–Kier alpha value is -0.740. The molecule has 1 saturated carbocycles. The summed E-state index contributed by atoms with van der Waals surface area (Å²) in [5.74, 6) is -2.40. The van der Waals surface area contributed by atoms with Crippen molar-refractivity contribution in [1.82, 2.24) is 0 Å². The minimum atomic E-state index is -4.16. The number of methoxy groups -OCH3 is 1. The van der Waals surface area contributed by atoms with Crippen molar-refractivity contribution in [2.75, 3.05) is 7.11 Å². The van der Waals surface area contributed by atoms with Crippen LogP contribution in [0.2, 0.25) is 0 Å². The second kappa shape index (κ2) is 3.55. The van der Waals surface area contributed by atoms with Gasteiger partial charge in [-0.3, -0.25) is 4.79 Å². The third-order valence-electron chi connectivity index (χ3n) is 2.43. The Kier molecular flexibility index (Phi) is 2.83. The molecule has 0 N–H and O–H groups in total. The molecule has 0 aromatic heterocycles. The Morgan fingerprint density at radius 2 is 2.00 bits per heavy atom. The zero-order valence-corrected chi connectivity index (χ0v) is 7.23. The molecule has 2 atom stereocenters. The Morgan fingerprint density at radius 1 is 1.38 bits per heavy atom. The van der Waals surface area contributed by atoms with E-state index in [2.05, 4.69) is 4.74 Å². The van der Waals surface area contributed by atoms with Crippen LogP contribution in [0.25, 0.3) is 0 Å². The number of carbonyl (C=O) groups excluding carboxylic acids is 1. The van der Waals surface area contributed by atoms with Gasteiger partial charge in [0.2, 0.25) is 0 Å². The standard InChI is InChI=1S/C8H11F3O2/c1-13-7(12)5-2-3-6(4-5)8(9,10)11/h5-6H,2-4H2,1H3/t5-,6+/m1/s1. The van der Waals surface area contributed by atoms with E-state index in [0.717, 1.165) is 0 Å². The average molecular weight is 196 g/mol. The lowest BCUT2D eigenvalue weighted by atomic mass is 10.1. The van der Waals surface area contributed by atoms with Gasteiger partial charge in [-0.25, -0.2) is 0 Å². The zero-order chi connectivity index (χ0) is 10.1. The van der Waals surface area contributed by atoms with Gasteiger partial charge in [0.15, 0.2) is 0 Å². The van der Waals surface area contributed by atoms with Crippen molar-refractivity contribution in [3.8, 4) is 0 Å². The fourth-order valence-electron chi connectivity index (χ4n) is 1.66. The molecule has 0 spiro atoms. The van der Waals surface area contributed by atoms with E-state index in [1.165, 1.54) is 7.11 Å². The number of carbonyl (C=O) groups is 1. The molecule has 1 rings (SSSR count). The summed E-state index contributed by atoms with van der Waals surface area (Å²) in [6.45, 7) is 0. The van der Waals surface area contributed by atoms with Crippen molar-refractivity contribution < 1.29 is 22.7 Å². The van der Waals surface area contributed by atoms with E-state index in [9.17, 15) is 18.0 Å². The lowest BCUT2D eigenvalue weighted by Crippen LogP contribution is -2.21. The first kappa shape index (κ1) is 10.3. The summed E-state index contributed by atoms with van der Waals surface area (Å²) in [6, 6.07) is 0. The van der Waals surface area contributed by atoms with Gasteiger partial charge in [0.25, 0.3) is 0 Å². The van der Waals surface area contributed by atoms with E-state index >= 15 is 0 Å². The molecule has 5 heteroatoms. The SMILES string of the molecule is COC(=O)[C@@H]1CC[C@H](C(F)(F)F)C1. The van der Waals surface area contributed by atoms with Crippen molar-refractivity contribution in [1.29, 1.82) is 0 Å². The van der Waals surface area contributed by atoms with Crippen LogP contribution in [0.15, 0.2) is 0 Å². The Bertz CT molecular complexity index is 200. The van der Waals surface area contributed by atoms with Gasteiger partial charge in [-0.15, -0.1) is 0 Å². The largest absolute Gasteiger partial charge is 0.469 e. The molecule has 1 aliphatic carbocycles. The molecule has 1 fully saturated rings. The molecule has 76 valence electrons. The number of hydrogen-bond acceptors (Lipinski definition) is 2. The van der Waals surface area contributed by atoms with Gasteiger partial charge < -0.3 is 4.74 Å². The van der Waals surface area contributed by atoms with Crippen molar-refractivity contribution in [2.45, 2.75) is 25.4 Å². The third-order valence-corrected chi connectivity index (χ3v) is 2.43. The number of hydrogen-bond donors (Lipinski definition) is 0. The number of esters is 1. The summed E-state index contributed by atoms with van der Waals surface area (Å²) in [5, 5.41) is 0. The summed E-state index contributed by atoms with van der Waals surface area (Å²) in [5.41, 5.74) is 0. The van der Waals surface area contributed by atoms with Crippen molar-refractivity contribution in [3.63, 3.8) is 0 Å². The van der Waals surface area contributed by atoms with E-state index in [4.69, 9.17) is 0 Å². The molecule has 1 aliphatic rings. The number of rotatable bonds is 1. The maximum Gasteiger partial charge on any atom is 0.391 e. The fraction of sp³-hybridized carbons (Fsp3) is 0.875. The summed E-state index contributed by atoms with van der Waals surface area (Å²) < 4.78 is 40.8. The normalized spacial score (nSPS) is 28.9. The monoisotopic (exact) mass is 196 g/mol. The summed E-state index contributed by atoms with van der Waals surface area (Å²) in [6.07, 6.45) is -3.95. The smallest absolute Gasteiger partial charge is 0.391 e. The lowest BCUT2D eigenvalue weighted by molar-refractivity contribution is -0.174. The third kappa shape index (κ3) is 2.35. The zero-order valence-electron chi connectivity index (χ0n) is 7.23.